The number of anilines is 1. The molecule has 2 heterocycles. The first kappa shape index (κ1) is 19.8. The Morgan fingerprint density at radius 3 is 2.80 bits per heavy atom. The Balaban J connectivity index is 0.00000225. The Kier molecular flexibility index (Phi) is 7.38. The lowest BCUT2D eigenvalue weighted by Gasteiger charge is -2.22. The van der Waals surface area contributed by atoms with Crippen LogP contribution in [0.2, 0.25) is 0 Å². The smallest absolute Gasteiger partial charge is 0.245 e. The summed E-state index contributed by atoms with van der Waals surface area (Å²) in [5.74, 6) is -0.0895. The number of hydrogen-bond donors (Lipinski definition) is 2. The third-order valence-electron chi connectivity index (χ3n) is 4.03. The van der Waals surface area contributed by atoms with Crippen molar-refractivity contribution >= 4 is 34.8 Å². The highest BCUT2D eigenvalue weighted by Crippen LogP contribution is 2.30. The summed E-state index contributed by atoms with van der Waals surface area (Å²) in [6.45, 7) is 5.97. The van der Waals surface area contributed by atoms with Gasteiger partial charge >= 0.3 is 0 Å². The molecule has 1 atom stereocenters. The van der Waals surface area contributed by atoms with Crippen LogP contribution in [0.4, 0.5) is 5.13 Å². The van der Waals surface area contributed by atoms with Crippen molar-refractivity contribution in [2.24, 2.45) is 0 Å². The average molecular weight is 382 g/mol. The van der Waals surface area contributed by atoms with Gasteiger partial charge in [0.1, 0.15) is 6.04 Å². The van der Waals surface area contributed by atoms with Gasteiger partial charge in [-0.1, -0.05) is 37.6 Å². The van der Waals surface area contributed by atoms with Gasteiger partial charge in [0.2, 0.25) is 5.91 Å². The van der Waals surface area contributed by atoms with E-state index in [1.165, 1.54) is 16.9 Å². The van der Waals surface area contributed by atoms with Crippen LogP contribution in [0.5, 0.6) is 0 Å². The van der Waals surface area contributed by atoms with Crippen molar-refractivity contribution in [3.05, 3.63) is 34.7 Å². The molecule has 1 aromatic carbocycles. The van der Waals surface area contributed by atoms with Crippen molar-refractivity contribution < 1.29 is 9.53 Å². The van der Waals surface area contributed by atoms with Crippen molar-refractivity contribution in [1.82, 2.24) is 10.3 Å². The molecule has 2 aromatic rings. The fourth-order valence-corrected chi connectivity index (χ4v) is 3.60. The molecule has 1 aliphatic rings. The molecule has 1 aromatic heterocycles. The molecular weight excluding hydrogens is 358 g/mol. The molecule has 5 nitrogen and oxygen atoms in total. The van der Waals surface area contributed by atoms with Gasteiger partial charge < -0.3 is 15.4 Å². The zero-order chi connectivity index (χ0) is 16.9. The van der Waals surface area contributed by atoms with Gasteiger partial charge in [-0.15, -0.1) is 23.7 Å². The summed E-state index contributed by atoms with van der Waals surface area (Å²) in [6.07, 6.45) is 2.23. The predicted molar refractivity (Wildman–Crippen MR) is 105 cm³/mol. The van der Waals surface area contributed by atoms with Crippen LogP contribution in [0, 0.1) is 6.92 Å². The summed E-state index contributed by atoms with van der Waals surface area (Å²) in [5, 5.41) is 6.69. The fraction of sp³-hybridized carbons (Fsp3) is 0.444. The first-order valence-corrected chi connectivity index (χ1v) is 9.17. The molecule has 0 aliphatic carbocycles. The second kappa shape index (κ2) is 9.29. The molecule has 0 radical (unpaired) electrons. The minimum Gasteiger partial charge on any atom is -0.378 e. The van der Waals surface area contributed by atoms with Gasteiger partial charge in [-0.05, 0) is 18.9 Å². The van der Waals surface area contributed by atoms with E-state index in [4.69, 9.17) is 4.74 Å². The van der Waals surface area contributed by atoms with Crippen LogP contribution in [0.1, 0.15) is 23.8 Å². The number of halogens is 1. The Morgan fingerprint density at radius 1 is 1.40 bits per heavy atom. The number of morpholine rings is 1. The normalized spacial score (nSPS) is 17.0. The second-order valence-corrected chi connectivity index (χ2v) is 7.14. The third-order valence-corrected chi connectivity index (χ3v) is 4.92. The van der Waals surface area contributed by atoms with Crippen LogP contribution in [0.3, 0.4) is 0 Å². The Hall–Kier alpha value is -1.47. The summed E-state index contributed by atoms with van der Waals surface area (Å²) >= 11 is 1.50. The van der Waals surface area contributed by atoms with E-state index >= 15 is 0 Å². The zero-order valence-electron chi connectivity index (χ0n) is 14.5. The van der Waals surface area contributed by atoms with E-state index < -0.39 is 0 Å². The first-order valence-electron chi connectivity index (χ1n) is 8.36. The van der Waals surface area contributed by atoms with Crippen LogP contribution >= 0.6 is 23.7 Å². The Labute approximate surface area is 158 Å². The topological polar surface area (TPSA) is 63.2 Å². The van der Waals surface area contributed by atoms with Crippen LogP contribution in [-0.4, -0.2) is 36.7 Å². The Morgan fingerprint density at radius 2 is 2.16 bits per heavy atom. The number of thiazole rings is 1. The highest BCUT2D eigenvalue weighted by Gasteiger charge is 2.22. The number of ether oxygens (including phenoxy) is 1. The summed E-state index contributed by atoms with van der Waals surface area (Å²) in [4.78, 5) is 18.0. The number of amides is 1. The van der Waals surface area contributed by atoms with E-state index in [2.05, 4.69) is 46.8 Å². The van der Waals surface area contributed by atoms with E-state index in [0.29, 0.717) is 24.9 Å². The molecule has 2 N–H and O–H groups in total. The second-order valence-electron chi connectivity index (χ2n) is 5.94. The van der Waals surface area contributed by atoms with Gasteiger partial charge in [-0.3, -0.25) is 4.79 Å². The maximum absolute atomic E-state index is 12.3. The minimum absolute atomic E-state index is 0. The highest BCUT2D eigenvalue weighted by atomic mass is 35.5. The molecule has 1 amide bonds. The molecule has 7 heteroatoms. The monoisotopic (exact) mass is 381 g/mol. The molecule has 136 valence electrons. The number of carbonyl (C=O) groups is 1. The highest BCUT2D eigenvalue weighted by molar-refractivity contribution is 7.16. The summed E-state index contributed by atoms with van der Waals surface area (Å²) in [6, 6.07) is 8.21. The number of rotatable bonds is 5. The molecule has 0 saturated carbocycles. The largest absolute Gasteiger partial charge is 0.378 e. The molecule has 1 unspecified atom stereocenters. The standard InChI is InChI=1S/C18H23N3O2S.ClH/c1-3-4-13-5-7-14(8-6-13)16-12(2)24-18(20-16)21-17(22)15-11-23-10-9-19-15;/h5-8,15,19H,3-4,9-11H2,1-2H3,(H,20,21,22);1H. The average Bonchev–Trinajstić information content (AvgIpc) is 2.97. The lowest BCUT2D eigenvalue weighted by Crippen LogP contribution is -2.48. The summed E-state index contributed by atoms with van der Waals surface area (Å²) in [5.41, 5.74) is 3.36. The molecule has 1 saturated heterocycles. The van der Waals surface area contributed by atoms with Crippen molar-refractivity contribution in [2.45, 2.75) is 32.7 Å². The molecule has 1 fully saturated rings. The van der Waals surface area contributed by atoms with Crippen LogP contribution in [0.25, 0.3) is 11.3 Å². The lowest BCUT2D eigenvalue weighted by atomic mass is 10.1. The predicted octanol–water partition coefficient (Wildman–Crippen LogP) is 3.42. The van der Waals surface area contributed by atoms with Crippen LogP contribution in [-0.2, 0) is 16.0 Å². The van der Waals surface area contributed by atoms with E-state index in [-0.39, 0.29) is 24.4 Å². The van der Waals surface area contributed by atoms with Crippen molar-refractivity contribution in [3.8, 4) is 11.3 Å². The molecule has 0 spiro atoms. The quantitative estimate of drug-likeness (QED) is 0.832. The lowest BCUT2D eigenvalue weighted by molar-refractivity contribution is -0.120. The minimum atomic E-state index is -0.306. The van der Waals surface area contributed by atoms with Crippen LogP contribution in [0.15, 0.2) is 24.3 Å². The SMILES string of the molecule is CCCc1ccc(-c2nc(NC(=O)C3COCCN3)sc2C)cc1.Cl. The zero-order valence-corrected chi connectivity index (χ0v) is 16.1. The molecule has 1 aliphatic heterocycles. The van der Waals surface area contributed by atoms with Crippen molar-refractivity contribution in [2.75, 3.05) is 25.1 Å². The number of nitrogens with zero attached hydrogens (tertiary/aromatic N) is 1. The number of hydrogen-bond acceptors (Lipinski definition) is 5. The van der Waals surface area contributed by atoms with E-state index in [1.54, 1.807) is 0 Å². The van der Waals surface area contributed by atoms with Gasteiger partial charge in [-0.2, -0.15) is 0 Å². The van der Waals surface area contributed by atoms with Gasteiger partial charge in [-0.25, -0.2) is 4.98 Å². The Bertz CT molecular complexity index is 697. The van der Waals surface area contributed by atoms with Gasteiger partial charge in [0.15, 0.2) is 5.13 Å². The summed E-state index contributed by atoms with van der Waals surface area (Å²) in [7, 11) is 0. The van der Waals surface area contributed by atoms with Gasteiger partial charge in [0, 0.05) is 17.0 Å². The molecule has 0 bridgehead atoms. The number of aryl methyl sites for hydroxylation is 2. The maximum atomic E-state index is 12.3. The number of nitrogens with one attached hydrogen (secondary N) is 2. The number of aromatic nitrogens is 1. The first-order chi connectivity index (χ1) is 11.7. The third kappa shape index (κ3) is 5.01. The number of carbonyl (C=O) groups excluding carboxylic acids is 1. The van der Waals surface area contributed by atoms with E-state index in [9.17, 15) is 4.79 Å². The maximum Gasteiger partial charge on any atom is 0.245 e. The van der Waals surface area contributed by atoms with Crippen molar-refractivity contribution in [3.63, 3.8) is 0 Å². The van der Waals surface area contributed by atoms with Crippen LogP contribution < -0.4 is 10.6 Å². The number of benzene rings is 1. The van der Waals surface area contributed by atoms with E-state index in [0.717, 1.165) is 29.0 Å². The fourth-order valence-electron chi connectivity index (χ4n) is 2.76. The van der Waals surface area contributed by atoms with Gasteiger partial charge in [0.25, 0.3) is 0 Å². The van der Waals surface area contributed by atoms with Gasteiger partial charge in [0.05, 0.1) is 18.9 Å². The van der Waals surface area contributed by atoms with E-state index in [1.807, 2.05) is 6.92 Å². The molecular formula is C18H24ClN3O2S. The molecule has 25 heavy (non-hydrogen) atoms. The van der Waals surface area contributed by atoms with Crippen molar-refractivity contribution in [1.29, 1.82) is 0 Å². The molecule has 3 rings (SSSR count). The summed E-state index contributed by atoms with van der Waals surface area (Å²) < 4.78 is 5.33.